The molecule has 33 heavy (non-hydrogen) atoms. The van der Waals surface area contributed by atoms with Crippen molar-refractivity contribution in [1.29, 1.82) is 0 Å². The fourth-order valence-corrected chi connectivity index (χ4v) is 4.76. The molecule has 0 aromatic heterocycles. The van der Waals surface area contributed by atoms with E-state index < -0.39 is 31.7 Å². The molecule has 188 valence electrons. The van der Waals surface area contributed by atoms with Gasteiger partial charge in [0.25, 0.3) is 0 Å². The van der Waals surface area contributed by atoms with E-state index in [4.69, 9.17) is 0 Å². The van der Waals surface area contributed by atoms with Crippen LogP contribution < -0.4 is 59.1 Å². The van der Waals surface area contributed by atoms with Gasteiger partial charge in [0.15, 0.2) is 0 Å². The Morgan fingerprint density at radius 2 is 0.758 bits per heavy atom. The first-order valence-electron chi connectivity index (χ1n) is 12.2. The topological polar surface area (TPSA) is 118 Å². The van der Waals surface area contributed by atoms with Gasteiger partial charge in [0.1, 0.15) is 0 Å². The Labute approximate surface area is 248 Å². The summed E-state index contributed by atoms with van der Waals surface area (Å²) < 4.78 is 64.6. The molecule has 0 bridgehead atoms. The van der Waals surface area contributed by atoms with Crippen molar-refractivity contribution in [2.45, 2.75) is 110 Å². The second kappa shape index (κ2) is 25.4. The van der Waals surface area contributed by atoms with Crippen LogP contribution in [0.1, 0.15) is 110 Å². The van der Waals surface area contributed by atoms with Crippen LogP contribution in [-0.2, 0) is 20.2 Å². The maximum atomic E-state index is 10.8. The van der Waals surface area contributed by atoms with Crippen LogP contribution in [0.15, 0.2) is 0 Å². The first kappa shape index (κ1) is 39.3. The molecule has 0 saturated carbocycles. The smallest absolute Gasteiger partial charge is 0.748 e. The van der Waals surface area contributed by atoms with Crippen LogP contribution >= 0.6 is 0 Å². The molecule has 0 aliphatic heterocycles. The van der Waals surface area contributed by atoms with E-state index in [-0.39, 0.29) is 72.0 Å². The largest absolute Gasteiger partial charge is 1.00 e. The molecule has 11 heteroatoms. The molecule has 0 N–H and O–H groups in total. The van der Waals surface area contributed by atoms with Gasteiger partial charge in [0.2, 0.25) is 0 Å². The average molecular weight is 530 g/mol. The van der Waals surface area contributed by atoms with Crippen molar-refractivity contribution in [3.63, 3.8) is 0 Å². The van der Waals surface area contributed by atoms with Crippen LogP contribution in [0.4, 0.5) is 0 Å². The summed E-state index contributed by atoms with van der Waals surface area (Å²) in [7, 11) is -8.47. The number of nitrogens with zero attached hydrogens (tertiary/aromatic N) is 1. The van der Waals surface area contributed by atoms with E-state index in [9.17, 15) is 25.9 Å². The Morgan fingerprint density at radius 1 is 0.485 bits per heavy atom. The molecule has 0 unspecified atom stereocenters. The van der Waals surface area contributed by atoms with E-state index in [1.54, 1.807) is 0 Å². The van der Waals surface area contributed by atoms with Gasteiger partial charge in [-0.05, 0) is 38.9 Å². The van der Waals surface area contributed by atoms with E-state index in [0.717, 1.165) is 25.8 Å². The molecule has 0 saturated heterocycles. The molecule has 0 aliphatic carbocycles. The molecule has 7 nitrogen and oxygen atoms in total. The molecule has 0 fully saturated rings. The molecule has 0 heterocycles. The van der Waals surface area contributed by atoms with Crippen LogP contribution in [0.25, 0.3) is 0 Å². The fraction of sp³-hybridized carbons (Fsp3) is 1.00. The van der Waals surface area contributed by atoms with E-state index >= 15 is 0 Å². The van der Waals surface area contributed by atoms with Crippen molar-refractivity contribution in [2.24, 2.45) is 0 Å². The standard InChI is InChI=1S/C22H47NO6S2.2Na/c1-2-3-4-5-6-7-8-9-10-11-12-13-14-15-18-23(19-16-21-30(24,25)26)20-17-22-31(27,28)29;;/h2-22H2,1H3,(H,24,25,26)(H,27,28,29);;/q;2*+1/p-2. The second-order valence-electron chi connectivity index (χ2n) is 8.67. The Kier molecular flexibility index (Phi) is 30.3. The van der Waals surface area contributed by atoms with Crippen LogP contribution in [0.2, 0.25) is 0 Å². The van der Waals surface area contributed by atoms with Crippen molar-refractivity contribution in [3.05, 3.63) is 0 Å². The van der Waals surface area contributed by atoms with Gasteiger partial charge in [0, 0.05) is 11.5 Å². The molecule has 0 aromatic carbocycles. The predicted octanol–water partition coefficient (Wildman–Crippen LogP) is -1.35. The number of hydrogen-bond acceptors (Lipinski definition) is 7. The molecule has 0 aromatic rings. The summed E-state index contributed by atoms with van der Waals surface area (Å²) in [5.41, 5.74) is 0. The monoisotopic (exact) mass is 529 g/mol. The Bertz CT molecular complexity index is 580. The minimum atomic E-state index is -4.24. The Hall–Kier alpha value is 1.78. The quantitative estimate of drug-likeness (QED) is 0.0912. The summed E-state index contributed by atoms with van der Waals surface area (Å²) in [4.78, 5) is 1.97. The number of unbranched alkanes of at least 4 members (excludes halogenated alkanes) is 13. The molecule has 0 aliphatic rings. The Morgan fingerprint density at radius 3 is 1.06 bits per heavy atom. The summed E-state index contributed by atoms with van der Waals surface area (Å²) in [5, 5.41) is 0. The van der Waals surface area contributed by atoms with Gasteiger partial charge < -0.3 is 14.0 Å². The van der Waals surface area contributed by atoms with Gasteiger partial charge >= 0.3 is 59.1 Å². The average Bonchev–Trinajstić information content (AvgIpc) is 2.66. The minimum Gasteiger partial charge on any atom is -0.748 e. The zero-order valence-electron chi connectivity index (χ0n) is 21.6. The van der Waals surface area contributed by atoms with Crippen molar-refractivity contribution < 1.29 is 85.1 Å². The Balaban J connectivity index is -0.00000450. The van der Waals surface area contributed by atoms with Crippen molar-refractivity contribution in [1.82, 2.24) is 4.90 Å². The second-order valence-corrected chi connectivity index (χ2v) is 11.7. The molecule has 0 radical (unpaired) electrons. The first-order valence-corrected chi connectivity index (χ1v) is 15.4. The summed E-state index contributed by atoms with van der Waals surface area (Å²) in [6, 6.07) is 0. The third kappa shape index (κ3) is 33.8. The van der Waals surface area contributed by atoms with E-state index in [2.05, 4.69) is 6.92 Å². The third-order valence-corrected chi connectivity index (χ3v) is 7.14. The van der Waals surface area contributed by atoms with Gasteiger partial charge in [-0.3, -0.25) is 0 Å². The third-order valence-electron chi connectivity index (χ3n) is 5.57. The van der Waals surface area contributed by atoms with Gasteiger partial charge in [-0.25, -0.2) is 16.8 Å². The zero-order chi connectivity index (χ0) is 23.4. The maximum Gasteiger partial charge on any atom is 1.00 e. The van der Waals surface area contributed by atoms with Gasteiger partial charge in [0.05, 0.1) is 20.2 Å². The van der Waals surface area contributed by atoms with E-state index in [0.29, 0.717) is 13.1 Å². The van der Waals surface area contributed by atoms with Crippen LogP contribution in [0, 0.1) is 0 Å². The fourth-order valence-electron chi connectivity index (χ4n) is 3.80. The van der Waals surface area contributed by atoms with Gasteiger partial charge in [-0.2, -0.15) is 0 Å². The normalized spacial score (nSPS) is 11.9. The summed E-state index contributed by atoms with van der Waals surface area (Å²) in [5.74, 6) is -0.829. The van der Waals surface area contributed by atoms with Crippen LogP contribution in [0.3, 0.4) is 0 Å². The van der Waals surface area contributed by atoms with E-state index in [1.165, 1.54) is 70.6 Å². The van der Waals surface area contributed by atoms with Crippen molar-refractivity contribution in [3.8, 4) is 0 Å². The summed E-state index contributed by atoms with van der Waals surface area (Å²) >= 11 is 0. The maximum absolute atomic E-state index is 10.8. The van der Waals surface area contributed by atoms with Crippen molar-refractivity contribution >= 4 is 20.2 Å². The summed E-state index contributed by atoms with van der Waals surface area (Å²) in [6.07, 6.45) is 18.3. The minimum absolute atomic E-state index is 0. The van der Waals surface area contributed by atoms with Crippen molar-refractivity contribution in [2.75, 3.05) is 31.1 Å². The van der Waals surface area contributed by atoms with Gasteiger partial charge in [-0.1, -0.05) is 90.4 Å². The molecule has 0 rings (SSSR count). The predicted molar refractivity (Wildman–Crippen MR) is 125 cm³/mol. The molecule has 0 spiro atoms. The molecular formula is C22H45NNa2O6S2. The molecule has 0 atom stereocenters. The summed E-state index contributed by atoms with van der Waals surface area (Å²) in [6.45, 7) is 3.83. The van der Waals surface area contributed by atoms with Gasteiger partial charge in [-0.15, -0.1) is 0 Å². The number of rotatable bonds is 23. The van der Waals surface area contributed by atoms with E-state index in [1.807, 2.05) is 4.90 Å². The SMILES string of the molecule is CCCCCCCCCCCCCCCCN(CCCS(=O)(=O)[O-])CCCS(=O)(=O)[O-].[Na+].[Na+]. The zero-order valence-corrected chi connectivity index (χ0v) is 27.2. The number of hydrogen-bond donors (Lipinski definition) is 0. The van der Waals surface area contributed by atoms with Crippen LogP contribution in [-0.4, -0.2) is 62.0 Å². The first-order chi connectivity index (χ1) is 14.6. The van der Waals surface area contributed by atoms with Crippen LogP contribution in [0.5, 0.6) is 0 Å². The molecular weight excluding hydrogens is 484 g/mol. The molecule has 0 amide bonds.